The Balaban J connectivity index is 2.60. The van der Waals surface area contributed by atoms with Crippen LogP contribution in [0.15, 0.2) is 18.5 Å². The average molecular weight is 274 g/mol. The van der Waals surface area contributed by atoms with E-state index in [2.05, 4.69) is 9.97 Å². The SMILES string of the molecule is CN(CC(=O)N(CCO)CC(F)F)c1ncccn1. The van der Waals surface area contributed by atoms with Gasteiger partial charge in [0.15, 0.2) is 0 Å². The number of aromatic nitrogens is 2. The number of anilines is 1. The average Bonchev–Trinajstić information content (AvgIpc) is 2.38. The highest BCUT2D eigenvalue weighted by Crippen LogP contribution is 2.04. The number of nitrogens with zero attached hydrogens (tertiary/aromatic N) is 4. The summed E-state index contributed by atoms with van der Waals surface area (Å²) in [6.45, 7) is -1.30. The fourth-order valence-corrected chi connectivity index (χ4v) is 1.47. The van der Waals surface area contributed by atoms with Gasteiger partial charge in [0, 0.05) is 26.0 Å². The number of carbonyl (C=O) groups is 1. The number of hydrogen-bond acceptors (Lipinski definition) is 5. The van der Waals surface area contributed by atoms with Crippen LogP contribution in [0.1, 0.15) is 0 Å². The Hall–Kier alpha value is -1.83. The zero-order valence-electron chi connectivity index (χ0n) is 10.5. The summed E-state index contributed by atoms with van der Waals surface area (Å²) >= 11 is 0. The number of likely N-dealkylation sites (N-methyl/N-ethyl adjacent to an activating group) is 1. The Bertz CT molecular complexity index is 392. The Morgan fingerprint density at radius 3 is 2.58 bits per heavy atom. The number of hydrogen-bond donors (Lipinski definition) is 1. The van der Waals surface area contributed by atoms with Gasteiger partial charge in [-0.3, -0.25) is 4.79 Å². The fraction of sp³-hybridized carbons (Fsp3) is 0.545. The molecule has 0 bridgehead atoms. The van der Waals surface area contributed by atoms with Gasteiger partial charge < -0.3 is 14.9 Å². The topological polar surface area (TPSA) is 69.6 Å². The summed E-state index contributed by atoms with van der Waals surface area (Å²) in [6, 6.07) is 1.63. The molecule has 1 aromatic heterocycles. The molecule has 0 aromatic carbocycles. The lowest BCUT2D eigenvalue weighted by Crippen LogP contribution is -2.43. The smallest absolute Gasteiger partial charge is 0.255 e. The molecule has 0 aliphatic rings. The van der Waals surface area contributed by atoms with Gasteiger partial charge in [0.05, 0.1) is 19.7 Å². The van der Waals surface area contributed by atoms with Crippen molar-refractivity contribution < 1.29 is 18.7 Å². The van der Waals surface area contributed by atoms with Crippen LogP contribution in [0.2, 0.25) is 0 Å². The minimum Gasteiger partial charge on any atom is -0.395 e. The predicted octanol–water partition coefficient (Wildman–Crippen LogP) is -0.00120. The molecule has 6 nitrogen and oxygen atoms in total. The quantitative estimate of drug-likeness (QED) is 0.758. The van der Waals surface area contributed by atoms with Crippen molar-refractivity contribution in [2.24, 2.45) is 0 Å². The number of aliphatic hydroxyl groups is 1. The number of rotatable bonds is 7. The van der Waals surface area contributed by atoms with Crippen LogP contribution < -0.4 is 4.90 Å². The summed E-state index contributed by atoms with van der Waals surface area (Å²) in [5.74, 6) is -0.179. The van der Waals surface area contributed by atoms with E-state index in [9.17, 15) is 13.6 Å². The zero-order chi connectivity index (χ0) is 14.3. The van der Waals surface area contributed by atoms with Crippen LogP contribution in [0, 0.1) is 0 Å². The first-order valence-electron chi connectivity index (χ1n) is 5.69. The first kappa shape index (κ1) is 15.2. The maximum absolute atomic E-state index is 12.3. The maximum atomic E-state index is 12.3. The first-order valence-corrected chi connectivity index (χ1v) is 5.69. The molecule has 0 saturated carbocycles. The lowest BCUT2D eigenvalue weighted by Gasteiger charge is -2.24. The van der Waals surface area contributed by atoms with Crippen molar-refractivity contribution in [2.75, 3.05) is 38.2 Å². The summed E-state index contributed by atoms with van der Waals surface area (Å²) in [6.07, 6.45) is 0.413. The Labute approximate surface area is 109 Å². The van der Waals surface area contributed by atoms with Gasteiger partial charge in [0.1, 0.15) is 0 Å². The molecule has 0 radical (unpaired) electrons. The molecule has 0 saturated heterocycles. The highest BCUT2D eigenvalue weighted by atomic mass is 19.3. The second kappa shape index (κ2) is 7.57. The third-order valence-corrected chi connectivity index (χ3v) is 2.35. The summed E-state index contributed by atoms with van der Waals surface area (Å²) in [5.41, 5.74) is 0. The second-order valence-corrected chi connectivity index (χ2v) is 3.86. The monoisotopic (exact) mass is 274 g/mol. The van der Waals surface area contributed by atoms with E-state index in [-0.39, 0.29) is 19.7 Å². The molecule has 1 aromatic rings. The minimum atomic E-state index is -2.63. The summed E-state index contributed by atoms with van der Waals surface area (Å²) in [7, 11) is 1.59. The van der Waals surface area contributed by atoms with Gasteiger partial charge in [-0.15, -0.1) is 0 Å². The molecule has 0 aliphatic heterocycles. The molecule has 106 valence electrons. The predicted molar refractivity (Wildman–Crippen MR) is 65.0 cm³/mol. The van der Waals surface area contributed by atoms with Crippen molar-refractivity contribution in [3.8, 4) is 0 Å². The van der Waals surface area contributed by atoms with Crippen molar-refractivity contribution in [3.05, 3.63) is 18.5 Å². The van der Waals surface area contributed by atoms with Crippen LogP contribution in [-0.2, 0) is 4.79 Å². The van der Waals surface area contributed by atoms with Gasteiger partial charge in [-0.25, -0.2) is 18.7 Å². The molecule has 19 heavy (non-hydrogen) atoms. The molecule has 0 atom stereocenters. The number of halogens is 2. The van der Waals surface area contributed by atoms with Crippen LogP contribution in [0.25, 0.3) is 0 Å². The van der Waals surface area contributed by atoms with E-state index < -0.39 is 18.9 Å². The standard InChI is InChI=1S/C11H16F2N4O2/c1-16(11-14-3-2-4-15-11)8-10(19)17(5-6-18)7-9(12)13/h2-4,9,18H,5-8H2,1H3. The van der Waals surface area contributed by atoms with Crippen molar-refractivity contribution in [3.63, 3.8) is 0 Å². The molecule has 1 N–H and O–H groups in total. The molecular weight excluding hydrogens is 258 g/mol. The van der Waals surface area contributed by atoms with Gasteiger partial charge in [-0.1, -0.05) is 0 Å². The highest BCUT2D eigenvalue weighted by molar-refractivity contribution is 5.80. The van der Waals surface area contributed by atoms with Gasteiger partial charge in [-0.2, -0.15) is 0 Å². The molecule has 8 heteroatoms. The van der Waals surface area contributed by atoms with Crippen LogP contribution in [0.4, 0.5) is 14.7 Å². The van der Waals surface area contributed by atoms with E-state index >= 15 is 0 Å². The van der Waals surface area contributed by atoms with E-state index in [4.69, 9.17) is 5.11 Å². The number of carbonyl (C=O) groups excluding carboxylic acids is 1. The van der Waals surface area contributed by atoms with Crippen LogP contribution in [0.3, 0.4) is 0 Å². The number of amides is 1. The van der Waals surface area contributed by atoms with E-state index in [1.165, 1.54) is 17.3 Å². The fourth-order valence-electron chi connectivity index (χ4n) is 1.47. The lowest BCUT2D eigenvalue weighted by molar-refractivity contribution is -0.132. The Kier molecular flexibility index (Phi) is 6.07. The number of aliphatic hydroxyl groups excluding tert-OH is 1. The molecule has 1 rings (SSSR count). The molecular formula is C11H16F2N4O2. The molecule has 0 aliphatic carbocycles. The second-order valence-electron chi connectivity index (χ2n) is 3.86. The largest absolute Gasteiger partial charge is 0.395 e. The van der Waals surface area contributed by atoms with Crippen molar-refractivity contribution in [2.45, 2.75) is 6.43 Å². The highest BCUT2D eigenvalue weighted by Gasteiger charge is 2.19. The number of alkyl halides is 2. The van der Waals surface area contributed by atoms with Crippen molar-refractivity contribution >= 4 is 11.9 Å². The third-order valence-electron chi connectivity index (χ3n) is 2.35. The van der Waals surface area contributed by atoms with Gasteiger partial charge >= 0.3 is 0 Å². The van der Waals surface area contributed by atoms with Gasteiger partial charge in [-0.05, 0) is 6.07 Å². The van der Waals surface area contributed by atoms with E-state index in [0.717, 1.165) is 4.90 Å². The minimum absolute atomic E-state index is 0.118. The normalized spacial score (nSPS) is 10.6. The third kappa shape index (κ3) is 5.12. The molecule has 0 fully saturated rings. The Morgan fingerprint density at radius 1 is 1.42 bits per heavy atom. The summed E-state index contributed by atoms with van der Waals surface area (Å²) in [5, 5.41) is 8.77. The Morgan fingerprint density at radius 2 is 2.05 bits per heavy atom. The first-order chi connectivity index (χ1) is 9.04. The summed E-state index contributed by atoms with van der Waals surface area (Å²) < 4.78 is 24.6. The molecule has 0 spiro atoms. The van der Waals surface area contributed by atoms with Gasteiger partial charge in [0.25, 0.3) is 6.43 Å². The molecule has 0 unspecified atom stereocenters. The van der Waals surface area contributed by atoms with Gasteiger partial charge in [0.2, 0.25) is 11.9 Å². The van der Waals surface area contributed by atoms with Crippen LogP contribution in [0.5, 0.6) is 0 Å². The maximum Gasteiger partial charge on any atom is 0.255 e. The summed E-state index contributed by atoms with van der Waals surface area (Å²) in [4.78, 5) is 22.1. The zero-order valence-corrected chi connectivity index (χ0v) is 10.5. The van der Waals surface area contributed by atoms with E-state index in [1.807, 2.05) is 0 Å². The molecule has 1 amide bonds. The van der Waals surface area contributed by atoms with Crippen LogP contribution in [-0.4, -0.2) is 65.6 Å². The van der Waals surface area contributed by atoms with E-state index in [0.29, 0.717) is 5.95 Å². The lowest BCUT2D eigenvalue weighted by atomic mass is 10.4. The van der Waals surface area contributed by atoms with Crippen LogP contribution >= 0.6 is 0 Å². The van der Waals surface area contributed by atoms with Crippen molar-refractivity contribution in [1.82, 2.24) is 14.9 Å². The molecule has 1 heterocycles. The van der Waals surface area contributed by atoms with E-state index in [1.54, 1.807) is 13.1 Å². The van der Waals surface area contributed by atoms with Crippen molar-refractivity contribution in [1.29, 1.82) is 0 Å².